The summed E-state index contributed by atoms with van der Waals surface area (Å²) in [6.45, 7) is 2.87. The highest BCUT2D eigenvalue weighted by molar-refractivity contribution is 6.39. The minimum Gasteiger partial charge on any atom is -0.481 e. The fourth-order valence-corrected chi connectivity index (χ4v) is 6.77. The summed E-state index contributed by atoms with van der Waals surface area (Å²) in [5.41, 5.74) is 4.56. The molecule has 6 rings (SSSR count). The van der Waals surface area contributed by atoms with Gasteiger partial charge in [0.25, 0.3) is 11.5 Å². The lowest BCUT2D eigenvalue weighted by atomic mass is 9.99. The summed E-state index contributed by atoms with van der Waals surface area (Å²) in [6, 6.07) is 14.4. The summed E-state index contributed by atoms with van der Waals surface area (Å²) in [5.74, 6) is 0.334. The van der Waals surface area contributed by atoms with Crippen LogP contribution in [0, 0.1) is 5.92 Å². The SMILES string of the molecule is COc1nc(-c2cccc(-c3cccc(NC(=O)c4ccnn(C)c4=O)c3Cl)c2Cl)cc2c1C(NCC1CCC(=O)N1)C(C)C2. The first-order valence-corrected chi connectivity index (χ1v) is 15.4. The summed E-state index contributed by atoms with van der Waals surface area (Å²) in [6.07, 6.45) is 3.61. The van der Waals surface area contributed by atoms with E-state index in [1.54, 1.807) is 19.2 Å². The zero-order valence-corrected chi connectivity index (χ0v) is 26.5. The van der Waals surface area contributed by atoms with Crippen LogP contribution in [-0.4, -0.2) is 46.3 Å². The van der Waals surface area contributed by atoms with Crippen LogP contribution in [0.5, 0.6) is 5.88 Å². The fraction of sp³-hybridized carbons (Fsp3) is 0.303. The van der Waals surface area contributed by atoms with Crippen LogP contribution in [-0.2, 0) is 18.3 Å². The van der Waals surface area contributed by atoms with E-state index in [2.05, 4.69) is 34.0 Å². The van der Waals surface area contributed by atoms with Gasteiger partial charge in [-0.2, -0.15) is 5.10 Å². The number of hydrogen-bond acceptors (Lipinski definition) is 7. The number of aromatic nitrogens is 3. The van der Waals surface area contributed by atoms with Gasteiger partial charge in [0.2, 0.25) is 11.8 Å². The molecule has 2 aromatic heterocycles. The topological polar surface area (TPSA) is 127 Å². The van der Waals surface area contributed by atoms with E-state index >= 15 is 0 Å². The second kappa shape index (κ2) is 12.6. The number of benzene rings is 2. The highest BCUT2D eigenvalue weighted by Gasteiger charge is 2.35. The van der Waals surface area contributed by atoms with Crippen molar-refractivity contribution in [2.24, 2.45) is 13.0 Å². The molecular weight excluding hydrogens is 615 g/mol. The Hall–Kier alpha value is -4.25. The third-order valence-corrected chi connectivity index (χ3v) is 9.27. The summed E-state index contributed by atoms with van der Waals surface area (Å²) in [7, 11) is 3.09. The van der Waals surface area contributed by atoms with E-state index in [1.165, 1.54) is 19.3 Å². The summed E-state index contributed by atoms with van der Waals surface area (Å²) in [5, 5.41) is 14.0. The van der Waals surface area contributed by atoms with Crippen LogP contribution in [0.25, 0.3) is 22.4 Å². The number of nitrogens with zero attached hydrogens (tertiary/aromatic N) is 3. The van der Waals surface area contributed by atoms with Crippen molar-refractivity contribution < 1.29 is 14.3 Å². The molecule has 0 spiro atoms. The maximum atomic E-state index is 12.9. The molecule has 45 heavy (non-hydrogen) atoms. The maximum absolute atomic E-state index is 12.9. The Morgan fingerprint density at radius 1 is 1.09 bits per heavy atom. The second-order valence-electron chi connectivity index (χ2n) is 11.4. The molecule has 1 saturated heterocycles. The lowest BCUT2D eigenvalue weighted by Crippen LogP contribution is -2.38. The van der Waals surface area contributed by atoms with Gasteiger partial charge in [-0.05, 0) is 42.5 Å². The van der Waals surface area contributed by atoms with Crippen molar-refractivity contribution in [3.63, 3.8) is 0 Å². The number of amides is 2. The van der Waals surface area contributed by atoms with Gasteiger partial charge in [0.15, 0.2) is 0 Å². The summed E-state index contributed by atoms with van der Waals surface area (Å²) in [4.78, 5) is 41.9. The Labute approximate surface area is 270 Å². The first-order chi connectivity index (χ1) is 21.7. The average molecular weight is 648 g/mol. The number of carbonyl (C=O) groups is 2. The Balaban J connectivity index is 1.30. The van der Waals surface area contributed by atoms with Crippen molar-refractivity contribution in [2.75, 3.05) is 19.0 Å². The van der Waals surface area contributed by atoms with Gasteiger partial charge in [0.1, 0.15) is 5.56 Å². The molecule has 3 N–H and O–H groups in total. The van der Waals surface area contributed by atoms with Crippen molar-refractivity contribution in [3.05, 3.63) is 91.8 Å². The number of aryl methyl sites for hydroxylation is 1. The average Bonchev–Trinajstić information content (AvgIpc) is 3.59. The quantitative estimate of drug-likeness (QED) is 0.241. The van der Waals surface area contributed by atoms with E-state index in [9.17, 15) is 14.4 Å². The number of nitrogens with one attached hydrogen (secondary N) is 3. The van der Waals surface area contributed by atoms with Gasteiger partial charge in [-0.3, -0.25) is 14.4 Å². The molecule has 0 bridgehead atoms. The first-order valence-electron chi connectivity index (χ1n) is 14.7. The molecule has 2 aromatic carbocycles. The third-order valence-electron chi connectivity index (χ3n) is 8.46. The predicted octanol–water partition coefficient (Wildman–Crippen LogP) is 5.18. The van der Waals surface area contributed by atoms with Gasteiger partial charge in [0.05, 0.1) is 28.5 Å². The number of hydrogen-bond donors (Lipinski definition) is 3. The molecule has 4 aromatic rings. The minimum atomic E-state index is -0.596. The molecule has 3 unspecified atom stereocenters. The Morgan fingerprint density at radius 3 is 2.56 bits per heavy atom. The van der Waals surface area contributed by atoms with Gasteiger partial charge in [-0.25, -0.2) is 9.67 Å². The van der Waals surface area contributed by atoms with Gasteiger partial charge < -0.3 is 20.7 Å². The molecule has 232 valence electrons. The lowest BCUT2D eigenvalue weighted by Gasteiger charge is -2.22. The molecule has 3 atom stereocenters. The standard InChI is InChI=1S/C33H32Cl2N6O4/c1-17-14-18-15-25(40-32(45-3)27(18)30(17)36-16-19-10-11-26(42)38-19)22-8-4-6-20(28(22)34)21-7-5-9-24(29(21)35)39-31(43)23-12-13-37-41(2)33(23)44/h4-9,12-13,15,17,19,30,36H,10-11,14,16H2,1-3H3,(H,38,42)(H,39,43). The zero-order chi connectivity index (χ0) is 31.8. The van der Waals surface area contributed by atoms with Crippen molar-refractivity contribution in [1.29, 1.82) is 0 Å². The van der Waals surface area contributed by atoms with Gasteiger partial charge in [-0.15, -0.1) is 0 Å². The number of ether oxygens (including phenoxy) is 1. The molecule has 0 radical (unpaired) electrons. The largest absolute Gasteiger partial charge is 0.481 e. The number of anilines is 1. The van der Waals surface area contributed by atoms with E-state index in [1.807, 2.05) is 24.3 Å². The van der Waals surface area contributed by atoms with Crippen LogP contribution in [0.15, 0.2) is 59.5 Å². The zero-order valence-electron chi connectivity index (χ0n) is 25.0. The van der Waals surface area contributed by atoms with Crippen molar-refractivity contribution in [2.45, 2.75) is 38.3 Å². The van der Waals surface area contributed by atoms with Gasteiger partial charge in [-0.1, -0.05) is 60.5 Å². The van der Waals surface area contributed by atoms with Crippen molar-refractivity contribution >= 4 is 40.7 Å². The molecule has 12 heteroatoms. The van der Waals surface area contributed by atoms with Crippen LogP contribution in [0.2, 0.25) is 10.0 Å². The van der Waals surface area contributed by atoms with E-state index in [0.29, 0.717) is 57.9 Å². The monoisotopic (exact) mass is 646 g/mol. The second-order valence-corrected chi connectivity index (χ2v) is 12.2. The predicted molar refractivity (Wildman–Crippen MR) is 174 cm³/mol. The fourth-order valence-electron chi connectivity index (χ4n) is 6.17. The normalized spacial score (nSPS) is 18.9. The number of methoxy groups -OCH3 is 1. The molecule has 0 saturated carbocycles. The molecule has 2 aliphatic rings. The Bertz CT molecular complexity index is 1880. The van der Waals surface area contributed by atoms with E-state index in [4.69, 9.17) is 32.9 Å². The van der Waals surface area contributed by atoms with Gasteiger partial charge >= 0.3 is 0 Å². The maximum Gasteiger partial charge on any atom is 0.279 e. The lowest BCUT2D eigenvalue weighted by molar-refractivity contribution is -0.119. The third kappa shape index (κ3) is 5.93. The van der Waals surface area contributed by atoms with Crippen molar-refractivity contribution in [1.82, 2.24) is 25.4 Å². The van der Waals surface area contributed by atoms with Crippen LogP contribution >= 0.6 is 23.2 Å². The molecule has 1 aliphatic carbocycles. The number of rotatable bonds is 8. The van der Waals surface area contributed by atoms with E-state index < -0.39 is 11.5 Å². The highest BCUT2D eigenvalue weighted by Crippen LogP contribution is 2.45. The van der Waals surface area contributed by atoms with Crippen LogP contribution in [0.1, 0.15) is 47.3 Å². The van der Waals surface area contributed by atoms with Gasteiger partial charge in [0, 0.05) is 60.5 Å². The Morgan fingerprint density at radius 2 is 1.82 bits per heavy atom. The number of carbonyl (C=O) groups excluding carboxylic acids is 2. The summed E-state index contributed by atoms with van der Waals surface area (Å²) < 4.78 is 6.90. The first kappa shape index (κ1) is 30.8. The molecule has 1 aliphatic heterocycles. The smallest absolute Gasteiger partial charge is 0.279 e. The molecule has 10 nitrogen and oxygen atoms in total. The van der Waals surface area contributed by atoms with Crippen molar-refractivity contribution in [3.8, 4) is 28.3 Å². The molecule has 1 fully saturated rings. The van der Waals surface area contributed by atoms with E-state index in [0.717, 1.165) is 28.7 Å². The van der Waals surface area contributed by atoms with Crippen LogP contribution in [0.3, 0.4) is 0 Å². The molecule has 3 heterocycles. The van der Waals surface area contributed by atoms with Crippen LogP contribution < -0.4 is 26.2 Å². The number of pyridine rings is 1. The molecule has 2 amide bonds. The van der Waals surface area contributed by atoms with E-state index in [-0.39, 0.29) is 28.6 Å². The van der Waals surface area contributed by atoms with Crippen LogP contribution in [0.4, 0.5) is 5.69 Å². The molecular formula is C33H32Cl2N6O4. The number of fused-ring (bicyclic) bond motifs is 1. The number of halogens is 2. The highest BCUT2D eigenvalue weighted by atomic mass is 35.5. The Kier molecular flexibility index (Phi) is 8.63. The summed E-state index contributed by atoms with van der Waals surface area (Å²) >= 11 is 13.9. The minimum absolute atomic E-state index is 0.0416.